The summed E-state index contributed by atoms with van der Waals surface area (Å²) in [5.74, 6) is 0.543. The summed E-state index contributed by atoms with van der Waals surface area (Å²) in [5, 5.41) is 8.82. The van der Waals surface area contributed by atoms with Gasteiger partial charge in [0.2, 0.25) is 10.0 Å². The molecule has 2 aliphatic heterocycles. The summed E-state index contributed by atoms with van der Waals surface area (Å²) in [7, 11) is -3.70. The Hall–Kier alpha value is -3.09. The largest absolute Gasteiger partial charge is 0.486 e. The number of hydrogen-bond donors (Lipinski definition) is 0. The highest BCUT2D eigenvalue weighted by molar-refractivity contribution is 7.89. The Balaban J connectivity index is 1.38. The van der Waals surface area contributed by atoms with E-state index < -0.39 is 16.0 Å². The third-order valence-corrected chi connectivity index (χ3v) is 7.04. The molecule has 1 fully saturated rings. The van der Waals surface area contributed by atoms with E-state index >= 15 is 0 Å². The second-order valence-corrected chi connectivity index (χ2v) is 8.98. The van der Waals surface area contributed by atoms with Gasteiger partial charge in [-0.2, -0.15) is 9.57 Å². The third kappa shape index (κ3) is 4.10. The lowest BCUT2D eigenvalue weighted by Gasteiger charge is -2.30. The highest BCUT2D eigenvalue weighted by Crippen LogP contribution is 2.34. The standard InChI is InChI=1S/C21H20N2O6S/c22-14-15-1-3-17(4-2-15)29-21(24)16-7-9-23(10-8-16)30(25,26)18-5-6-19-20(13-18)28-12-11-27-19/h1-6,13,16H,7-12H2. The average Bonchev–Trinajstić information content (AvgIpc) is 2.79. The van der Waals surface area contributed by atoms with Crippen LogP contribution in [0, 0.1) is 17.2 Å². The van der Waals surface area contributed by atoms with Gasteiger partial charge in [0.1, 0.15) is 19.0 Å². The molecule has 30 heavy (non-hydrogen) atoms. The predicted octanol–water partition coefficient (Wildman–Crippen LogP) is 2.34. The van der Waals surface area contributed by atoms with E-state index in [-0.39, 0.29) is 23.9 Å². The number of piperidine rings is 1. The van der Waals surface area contributed by atoms with Gasteiger partial charge in [-0.05, 0) is 49.2 Å². The maximum Gasteiger partial charge on any atom is 0.314 e. The molecule has 0 amide bonds. The van der Waals surface area contributed by atoms with Crippen LogP contribution in [0.5, 0.6) is 17.2 Å². The lowest BCUT2D eigenvalue weighted by Crippen LogP contribution is -2.41. The van der Waals surface area contributed by atoms with Crippen LogP contribution in [0.2, 0.25) is 0 Å². The molecule has 8 nitrogen and oxygen atoms in total. The molecule has 2 aromatic carbocycles. The molecule has 2 aliphatic rings. The first-order valence-corrected chi connectivity index (χ1v) is 11.0. The van der Waals surface area contributed by atoms with E-state index in [0.717, 1.165) is 0 Å². The lowest BCUT2D eigenvalue weighted by molar-refractivity contribution is -0.140. The van der Waals surface area contributed by atoms with Crippen molar-refractivity contribution < 1.29 is 27.4 Å². The van der Waals surface area contributed by atoms with Gasteiger partial charge in [0.05, 0.1) is 22.4 Å². The molecule has 2 heterocycles. The van der Waals surface area contributed by atoms with E-state index in [4.69, 9.17) is 19.5 Å². The Morgan fingerprint density at radius 3 is 2.37 bits per heavy atom. The number of fused-ring (bicyclic) bond motifs is 1. The SMILES string of the molecule is N#Cc1ccc(OC(=O)C2CCN(S(=O)(=O)c3ccc4c(c3)OCCO4)CC2)cc1. The number of rotatable bonds is 4. The Morgan fingerprint density at radius 1 is 1.03 bits per heavy atom. The van der Waals surface area contributed by atoms with Crippen molar-refractivity contribution in [3.05, 3.63) is 48.0 Å². The molecule has 156 valence electrons. The van der Waals surface area contributed by atoms with Crippen LogP contribution in [0.4, 0.5) is 0 Å². The molecule has 0 N–H and O–H groups in total. The minimum atomic E-state index is -3.70. The zero-order valence-corrected chi connectivity index (χ0v) is 16.9. The molecular formula is C21H20N2O6S. The summed E-state index contributed by atoms with van der Waals surface area (Å²) >= 11 is 0. The monoisotopic (exact) mass is 428 g/mol. The van der Waals surface area contributed by atoms with Crippen LogP contribution in [-0.2, 0) is 14.8 Å². The van der Waals surface area contributed by atoms with Crippen molar-refractivity contribution in [2.45, 2.75) is 17.7 Å². The second-order valence-electron chi connectivity index (χ2n) is 7.04. The van der Waals surface area contributed by atoms with E-state index in [1.54, 1.807) is 30.3 Å². The van der Waals surface area contributed by atoms with Gasteiger partial charge in [-0.25, -0.2) is 8.42 Å². The number of benzene rings is 2. The molecule has 0 aromatic heterocycles. The molecule has 1 saturated heterocycles. The highest BCUT2D eigenvalue weighted by atomic mass is 32.2. The zero-order valence-electron chi connectivity index (χ0n) is 16.1. The summed E-state index contributed by atoms with van der Waals surface area (Å²) in [6, 6.07) is 12.9. The Morgan fingerprint density at radius 2 is 1.70 bits per heavy atom. The van der Waals surface area contributed by atoms with E-state index in [2.05, 4.69) is 0 Å². The number of hydrogen-bond acceptors (Lipinski definition) is 7. The number of nitriles is 1. The summed E-state index contributed by atoms with van der Waals surface area (Å²) in [6.45, 7) is 1.27. The van der Waals surface area contributed by atoms with Gasteiger partial charge in [0.15, 0.2) is 11.5 Å². The normalized spacial score (nSPS) is 17.2. The van der Waals surface area contributed by atoms with Crippen molar-refractivity contribution in [1.82, 2.24) is 4.31 Å². The van der Waals surface area contributed by atoms with E-state index in [0.29, 0.717) is 48.9 Å². The van der Waals surface area contributed by atoms with Gasteiger partial charge < -0.3 is 14.2 Å². The van der Waals surface area contributed by atoms with Crippen LogP contribution in [-0.4, -0.2) is 45.0 Å². The highest BCUT2D eigenvalue weighted by Gasteiger charge is 2.33. The van der Waals surface area contributed by atoms with Crippen molar-refractivity contribution in [1.29, 1.82) is 5.26 Å². The lowest BCUT2D eigenvalue weighted by atomic mass is 9.98. The van der Waals surface area contributed by atoms with E-state index in [1.807, 2.05) is 6.07 Å². The van der Waals surface area contributed by atoms with Gasteiger partial charge in [0, 0.05) is 19.2 Å². The smallest absolute Gasteiger partial charge is 0.314 e. The number of carbonyl (C=O) groups is 1. The second kappa shape index (κ2) is 8.34. The fraction of sp³-hybridized carbons (Fsp3) is 0.333. The van der Waals surface area contributed by atoms with Crippen LogP contribution in [0.1, 0.15) is 18.4 Å². The molecule has 0 atom stereocenters. The van der Waals surface area contributed by atoms with Crippen molar-refractivity contribution in [3.63, 3.8) is 0 Å². The van der Waals surface area contributed by atoms with Crippen LogP contribution in [0.25, 0.3) is 0 Å². The first-order chi connectivity index (χ1) is 14.5. The Labute approximate surface area is 174 Å². The molecule has 2 aromatic rings. The van der Waals surface area contributed by atoms with Crippen molar-refractivity contribution in [2.24, 2.45) is 5.92 Å². The molecule has 0 aliphatic carbocycles. The van der Waals surface area contributed by atoms with E-state index in [1.165, 1.54) is 16.4 Å². The minimum absolute atomic E-state index is 0.144. The molecule has 0 spiro atoms. The van der Waals surface area contributed by atoms with Gasteiger partial charge >= 0.3 is 5.97 Å². The topological polar surface area (TPSA) is 106 Å². The molecule has 0 bridgehead atoms. The number of esters is 1. The Bertz CT molecular complexity index is 1080. The molecule has 4 rings (SSSR count). The zero-order chi connectivity index (χ0) is 21.1. The fourth-order valence-electron chi connectivity index (χ4n) is 3.46. The molecule has 9 heteroatoms. The summed E-state index contributed by atoms with van der Waals surface area (Å²) < 4.78 is 43.6. The molecule has 0 unspecified atom stereocenters. The van der Waals surface area contributed by atoms with Crippen molar-refractivity contribution in [2.75, 3.05) is 26.3 Å². The average molecular weight is 428 g/mol. The third-order valence-electron chi connectivity index (χ3n) is 5.14. The minimum Gasteiger partial charge on any atom is -0.486 e. The fourth-order valence-corrected chi connectivity index (χ4v) is 4.95. The van der Waals surface area contributed by atoms with Crippen LogP contribution < -0.4 is 14.2 Å². The number of carbonyl (C=O) groups excluding carboxylic acids is 1. The summed E-state index contributed by atoms with van der Waals surface area (Å²) in [5.41, 5.74) is 0.479. The maximum absolute atomic E-state index is 13.0. The summed E-state index contributed by atoms with van der Waals surface area (Å²) in [4.78, 5) is 12.6. The van der Waals surface area contributed by atoms with Crippen LogP contribution in [0.15, 0.2) is 47.4 Å². The van der Waals surface area contributed by atoms with Gasteiger partial charge in [-0.15, -0.1) is 0 Å². The van der Waals surface area contributed by atoms with Crippen molar-refractivity contribution >= 4 is 16.0 Å². The van der Waals surface area contributed by atoms with Crippen LogP contribution >= 0.6 is 0 Å². The van der Waals surface area contributed by atoms with Crippen LogP contribution in [0.3, 0.4) is 0 Å². The summed E-state index contributed by atoms with van der Waals surface area (Å²) in [6.07, 6.45) is 0.748. The quantitative estimate of drug-likeness (QED) is 0.543. The predicted molar refractivity (Wildman–Crippen MR) is 106 cm³/mol. The van der Waals surface area contributed by atoms with Crippen molar-refractivity contribution in [3.8, 4) is 23.3 Å². The van der Waals surface area contributed by atoms with Gasteiger partial charge in [0.25, 0.3) is 0 Å². The first-order valence-electron chi connectivity index (χ1n) is 9.59. The molecular weight excluding hydrogens is 408 g/mol. The number of sulfonamides is 1. The number of nitrogens with zero attached hydrogens (tertiary/aromatic N) is 2. The Kier molecular flexibility index (Phi) is 5.61. The van der Waals surface area contributed by atoms with E-state index in [9.17, 15) is 13.2 Å². The van der Waals surface area contributed by atoms with Gasteiger partial charge in [-0.3, -0.25) is 4.79 Å². The number of ether oxygens (including phenoxy) is 3. The molecule has 0 saturated carbocycles. The molecule has 0 radical (unpaired) electrons. The maximum atomic E-state index is 13.0. The first kappa shape index (κ1) is 20.2. The van der Waals surface area contributed by atoms with Gasteiger partial charge in [-0.1, -0.05) is 0 Å².